The number of hydrogen-bond donors (Lipinski definition) is 1. The van der Waals surface area contributed by atoms with Gasteiger partial charge < -0.3 is 5.32 Å². The highest BCUT2D eigenvalue weighted by molar-refractivity contribution is 9.10. The quantitative estimate of drug-likeness (QED) is 0.554. The Hall–Kier alpha value is -2.64. The zero-order valence-corrected chi connectivity index (χ0v) is 18.5. The summed E-state index contributed by atoms with van der Waals surface area (Å²) in [6.07, 6.45) is 0. The molecule has 0 spiro atoms. The molecule has 29 heavy (non-hydrogen) atoms. The molecule has 0 aliphatic carbocycles. The Morgan fingerprint density at radius 3 is 2.17 bits per heavy atom. The number of aryl methyl sites for hydroxylation is 2. The van der Waals surface area contributed by atoms with Crippen molar-refractivity contribution in [1.82, 2.24) is 0 Å². The highest BCUT2D eigenvalue weighted by Crippen LogP contribution is 2.27. The summed E-state index contributed by atoms with van der Waals surface area (Å²) in [7, 11) is -3.93. The Balaban J connectivity index is 1.97. The Morgan fingerprint density at radius 1 is 0.931 bits per heavy atom. The SMILES string of the molecule is Cc1cccc(C)c1NC(=O)CN(c1cccc(Br)c1)S(=O)(=O)c1ccccc1. The second-order valence-corrected chi connectivity index (χ2v) is 9.40. The lowest BCUT2D eigenvalue weighted by Gasteiger charge is -2.24. The lowest BCUT2D eigenvalue weighted by molar-refractivity contribution is -0.114. The van der Waals surface area contributed by atoms with Crippen molar-refractivity contribution in [2.24, 2.45) is 0 Å². The van der Waals surface area contributed by atoms with Crippen LogP contribution in [0.5, 0.6) is 0 Å². The Labute approximate surface area is 179 Å². The molecule has 0 aliphatic heterocycles. The van der Waals surface area contributed by atoms with Crippen molar-refractivity contribution in [3.8, 4) is 0 Å². The molecule has 0 atom stereocenters. The number of benzene rings is 3. The minimum Gasteiger partial charge on any atom is -0.324 e. The smallest absolute Gasteiger partial charge is 0.264 e. The number of rotatable bonds is 6. The van der Waals surface area contributed by atoms with E-state index in [4.69, 9.17) is 0 Å². The molecule has 0 bridgehead atoms. The molecule has 0 aliphatic rings. The van der Waals surface area contributed by atoms with E-state index in [0.29, 0.717) is 11.4 Å². The summed E-state index contributed by atoms with van der Waals surface area (Å²) >= 11 is 3.37. The van der Waals surface area contributed by atoms with Crippen molar-refractivity contribution in [3.05, 3.63) is 88.4 Å². The maximum Gasteiger partial charge on any atom is 0.264 e. The van der Waals surface area contributed by atoms with Crippen LogP contribution in [0.4, 0.5) is 11.4 Å². The van der Waals surface area contributed by atoms with Crippen molar-refractivity contribution in [2.45, 2.75) is 18.7 Å². The van der Waals surface area contributed by atoms with E-state index in [2.05, 4.69) is 21.2 Å². The number of nitrogens with zero attached hydrogens (tertiary/aromatic N) is 1. The van der Waals surface area contributed by atoms with Crippen LogP contribution in [0, 0.1) is 13.8 Å². The third-order valence-corrected chi connectivity index (χ3v) is 6.74. The number of carbonyl (C=O) groups is 1. The molecule has 3 aromatic carbocycles. The summed E-state index contributed by atoms with van der Waals surface area (Å²) < 4.78 is 28.4. The molecule has 0 heterocycles. The van der Waals surface area contributed by atoms with Crippen LogP contribution in [-0.2, 0) is 14.8 Å². The molecule has 3 rings (SSSR count). The molecule has 0 unspecified atom stereocenters. The topological polar surface area (TPSA) is 66.5 Å². The highest BCUT2D eigenvalue weighted by Gasteiger charge is 2.27. The molecular weight excluding hydrogens is 452 g/mol. The molecule has 7 heteroatoms. The van der Waals surface area contributed by atoms with Gasteiger partial charge in [-0.25, -0.2) is 8.42 Å². The molecule has 1 N–H and O–H groups in total. The molecule has 0 saturated carbocycles. The first-order valence-electron chi connectivity index (χ1n) is 8.98. The minimum atomic E-state index is -3.93. The second kappa shape index (κ2) is 8.80. The van der Waals surface area contributed by atoms with Gasteiger partial charge in [0.2, 0.25) is 5.91 Å². The summed E-state index contributed by atoms with van der Waals surface area (Å²) in [5.74, 6) is -0.415. The van der Waals surface area contributed by atoms with E-state index in [-0.39, 0.29) is 11.4 Å². The van der Waals surface area contributed by atoms with Gasteiger partial charge in [0.05, 0.1) is 10.6 Å². The number of anilines is 2. The van der Waals surface area contributed by atoms with Crippen molar-refractivity contribution < 1.29 is 13.2 Å². The minimum absolute atomic E-state index is 0.125. The van der Waals surface area contributed by atoms with Crippen LogP contribution < -0.4 is 9.62 Å². The van der Waals surface area contributed by atoms with Crippen LogP contribution in [0.2, 0.25) is 0 Å². The number of para-hydroxylation sites is 1. The number of carbonyl (C=O) groups excluding carboxylic acids is 1. The summed E-state index contributed by atoms with van der Waals surface area (Å²) in [6.45, 7) is 3.45. The maximum atomic E-state index is 13.3. The number of amides is 1. The van der Waals surface area contributed by atoms with E-state index in [0.717, 1.165) is 19.9 Å². The van der Waals surface area contributed by atoms with Gasteiger partial charge in [-0.3, -0.25) is 9.10 Å². The number of sulfonamides is 1. The third kappa shape index (κ3) is 4.86. The summed E-state index contributed by atoms with van der Waals surface area (Å²) in [4.78, 5) is 13.0. The lowest BCUT2D eigenvalue weighted by atomic mass is 10.1. The number of nitrogens with one attached hydrogen (secondary N) is 1. The Bertz CT molecular complexity index is 1110. The molecule has 0 aromatic heterocycles. The molecule has 3 aromatic rings. The van der Waals surface area contributed by atoms with Crippen LogP contribution in [0.1, 0.15) is 11.1 Å². The predicted molar refractivity (Wildman–Crippen MR) is 120 cm³/mol. The number of halogens is 1. The van der Waals surface area contributed by atoms with E-state index in [1.54, 1.807) is 42.5 Å². The summed E-state index contributed by atoms with van der Waals surface area (Å²) in [5, 5.41) is 2.86. The average molecular weight is 473 g/mol. The van der Waals surface area contributed by atoms with Gasteiger partial charge in [0, 0.05) is 10.2 Å². The average Bonchev–Trinajstić information content (AvgIpc) is 2.69. The molecule has 0 radical (unpaired) electrons. The number of hydrogen-bond acceptors (Lipinski definition) is 3. The van der Waals surface area contributed by atoms with E-state index < -0.39 is 15.9 Å². The van der Waals surface area contributed by atoms with Crippen LogP contribution in [0.15, 0.2) is 82.2 Å². The van der Waals surface area contributed by atoms with Crippen molar-refractivity contribution in [2.75, 3.05) is 16.2 Å². The van der Waals surface area contributed by atoms with Gasteiger partial charge in [-0.05, 0) is 55.3 Å². The fourth-order valence-corrected chi connectivity index (χ4v) is 4.81. The molecule has 0 saturated heterocycles. The fourth-order valence-electron chi connectivity index (χ4n) is 2.99. The zero-order chi connectivity index (χ0) is 21.0. The first-order chi connectivity index (χ1) is 13.8. The molecule has 5 nitrogen and oxygen atoms in total. The standard InChI is InChI=1S/C22H21BrN2O3S/c1-16-8-6-9-17(2)22(16)24-21(26)15-25(19-11-7-10-18(23)14-19)29(27,28)20-12-4-3-5-13-20/h3-14H,15H2,1-2H3,(H,24,26). The largest absolute Gasteiger partial charge is 0.324 e. The van der Waals surface area contributed by atoms with Crippen molar-refractivity contribution >= 4 is 43.2 Å². The van der Waals surface area contributed by atoms with Gasteiger partial charge >= 0.3 is 0 Å². The molecule has 0 fully saturated rings. The second-order valence-electron chi connectivity index (χ2n) is 6.62. The highest BCUT2D eigenvalue weighted by atomic mass is 79.9. The Morgan fingerprint density at radius 2 is 1.55 bits per heavy atom. The first-order valence-corrected chi connectivity index (χ1v) is 11.2. The van der Waals surface area contributed by atoms with Gasteiger partial charge in [-0.15, -0.1) is 0 Å². The molecule has 1 amide bonds. The van der Waals surface area contributed by atoms with Crippen LogP contribution in [0.3, 0.4) is 0 Å². The zero-order valence-electron chi connectivity index (χ0n) is 16.1. The van der Waals surface area contributed by atoms with Gasteiger partial charge in [-0.1, -0.05) is 58.4 Å². The van der Waals surface area contributed by atoms with Gasteiger partial charge in [-0.2, -0.15) is 0 Å². The maximum absolute atomic E-state index is 13.3. The third-order valence-electron chi connectivity index (χ3n) is 4.46. The monoisotopic (exact) mass is 472 g/mol. The summed E-state index contributed by atoms with van der Waals surface area (Å²) in [5.41, 5.74) is 2.93. The van der Waals surface area contributed by atoms with Gasteiger partial charge in [0.25, 0.3) is 10.0 Å². The van der Waals surface area contributed by atoms with E-state index >= 15 is 0 Å². The lowest BCUT2D eigenvalue weighted by Crippen LogP contribution is -2.38. The molecule has 150 valence electrons. The first kappa shape index (κ1) is 21.1. The van der Waals surface area contributed by atoms with E-state index in [1.807, 2.05) is 32.0 Å². The fraction of sp³-hybridized carbons (Fsp3) is 0.136. The van der Waals surface area contributed by atoms with Gasteiger partial charge in [0.1, 0.15) is 6.54 Å². The molecular formula is C22H21BrN2O3S. The van der Waals surface area contributed by atoms with Crippen molar-refractivity contribution in [1.29, 1.82) is 0 Å². The Kier molecular flexibility index (Phi) is 6.39. The normalized spacial score (nSPS) is 11.1. The van der Waals surface area contributed by atoms with Crippen molar-refractivity contribution in [3.63, 3.8) is 0 Å². The van der Waals surface area contributed by atoms with Gasteiger partial charge in [0.15, 0.2) is 0 Å². The predicted octanol–water partition coefficient (Wildman–Crippen LogP) is 4.90. The van der Waals surface area contributed by atoms with E-state index in [1.165, 1.54) is 12.1 Å². The summed E-state index contributed by atoms with van der Waals surface area (Å²) in [6, 6.07) is 20.7. The van der Waals surface area contributed by atoms with Crippen LogP contribution >= 0.6 is 15.9 Å². The van der Waals surface area contributed by atoms with E-state index in [9.17, 15) is 13.2 Å². The van der Waals surface area contributed by atoms with Crippen LogP contribution in [-0.4, -0.2) is 20.9 Å². The van der Waals surface area contributed by atoms with Crippen LogP contribution in [0.25, 0.3) is 0 Å².